The minimum absolute atomic E-state index is 0.0787. The van der Waals surface area contributed by atoms with Crippen LogP contribution >= 0.6 is 11.6 Å². The van der Waals surface area contributed by atoms with Crippen molar-refractivity contribution in [1.82, 2.24) is 9.80 Å². The third-order valence-electron chi connectivity index (χ3n) is 4.99. The number of carbonyl (C=O) groups is 2. The quantitative estimate of drug-likeness (QED) is 0.801. The van der Waals surface area contributed by atoms with Crippen LogP contribution in [-0.4, -0.2) is 67.8 Å². The minimum Gasteiger partial charge on any atom is -0.493 e. The first-order valence-corrected chi connectivity index (χ1v) is 9.00. The lowest BCUT2D eigenvalue weighted by Gasteiger charge is -2.37. The number of hydrogen-bond donors (Lipinski definition) is 0. The summed E-state index contributed by atoms with van der Waals surface area (Å²) < 4.78 is 15.6. The number of halogens is 1. The molecule has 1 unspecified atom stereocenters. The summed E-state index contributed by atoms with van der Waals surface area (Å²) in [6.45, 7) is 3.53. The van der Waals surface area contributed by atoms with Gasteiger partial charge in [0.1, 0.15) is 6.61 Å². The molecule has 1 atom stereocenters. The Morgan fingerprint density at radius 1 is 1.23 bits per heavy atom. The van der Waals surface area contributed by atoms with Gasteiger partial charge in [0.25, 0.3) is 5.91 Å². The van der Waals surface area contributed by atoms with Crippen LogP contribution in [0.15, 0.2) is 12.1 Å². The summed E-state index contributed by atoms with van der Waals surface area (Å²) in [6.07, 6.45) is 1.18. The molecule has 2 fully saturated rings. The molecule has 2 aliphatic rings. The highest BCUT2D eigenvalue weighted by Gasteiger charge is 2.38. The Balaban J connectivity index is 1.70. The number of cyclic esters (lactones) is 1. The number of nitrogens with zero attached hydrogens (tertiary/aromatic N) is 2. The van der Waals surface area contributed by atoms with Crippen molar-refractivity contribution in [2.24, 2.45) is 0 Å². The molecule has 0 aliphatic carbocycles. The monoisotopic (exact) mass is 382 g/mol. The van der Waals surface area contributed by atoms with E-state index in [4.69, 9.17) is 25.8 Å². The molecule has 2 amide bonds. The van der Waals surface area contributed by atoms with E-state index in [9.17, 15) is 9.59 Å². The number of amides is 2. The highest BCUT2D eigenvalue weighted by Crippen LogP contribution is 2.38. The van der Waals surface area contributed by atoms with Crippen LogP contribution in [0, 0.1) is 0 Å². The Labute approximate surface area is 157 Å². The smallest absolute Gasteiger partial charge is 0.410 e. The molecule has 0 N–H and O–H groups in total. The Kier molecular flexibility index (Phi) is 5.46. The van der Waals surface area contributed by atoms with E-state index in [0.29, 0.717) is 36.8 Å². The molecule has 0 radical (unpaired) electrons. The Bertz CT molecular complexity index is 703. The van der Waals surface area contributed by atoms with E-state index in [-0.39, 0.29) is 29.1 Å². The number of benzene rings is 1. The first kappa shape index (κ1) is 18.6. The standard InChI is InChI=1S/C18H23ClN2O5/c1-11-10-26-18(23)21(11)12-6-8-20(9-7-12)17(22)13-4-5-14(24-2)16(25-3)15(13)19/h4-5,11-12H,6-10H2,1-3H3. The van der Waals surface area contributed by atoms with E-state index >= 15 is 0 Å². The molecule has 0 saturated carbocycles. The van der Waals surface area contributed by atoms with Crippen LogP contribution in [0.2, 0.25) is 5.02 Å². The molecular formula is C18H23ClN2O5. The van der Waals surface area contributed by atoms with Crippen molar-refractivity contribution >= 4 is 23.6 Å². The van der Waals surface area contributed by atoms with E-state index in [2.05, 4.69) is 0 Å². The number of ether oxygens (including phenoxy) is 3. The summed E-state index contributed by atoms with van der Waals surface area (Å²) in [5, 5.41) is 0.246. The molecule has 0 spiro atoms. The molecule has 0 aromatic heterocycles. The second-order valence-electron chi connectivity index (χ2n) is 6.52. The lowest BCUT2D eigenvalue weighted by molar-refractivity contribution is 0.0641. The fraction of sp³-hybridized carbons (Fsp3) is 0.556. The maximum atomic E-state index is 12.9. The minimum atomic E-state index is -0.259. The largest absolute Gasteiger partial charge is 0.493 e. The summed E-state index contributed by atoms with van der Waals surface area (Å²) in [6, 6.07) is 3.50. The molecule has 26 heavy (non-hydrogen) atoms. The molecule has 2 saturated heterocycles. The highest BCUT2D eigenvalue weighted by molar-refractivity contribution is 6.35. The fourth-order valence-corrected chi connectivity index (χ4v) is 3.92. The van der Waals surface area contributed by atoms with Crippen LogP contribution in [0.1, 0.15) is 30.1 Å². The van der Waals surface area contributed by atoms with E-state index in [1.54, 1.807) is 21.9 Å². The molecule has 3 rings (SSSR count). The van der Waals surface area contributed by atoms with Gasteiger partial charge >= 0.3 is 6.09 Å². The molecular weight excluding hydrogens is 360 g/mol. The van der Waals surface area contributed by atoms with Crippen LogP contribution in [-0.2, 0) is 4.74 Å². The van der Waals surface area contributed by atoms with Crippen molar-refractivity contribution in [3.63, 3.8) is 0 Å². The maximum absolute atomic E-state index is 12.9. The molecule has 1 aromatic rings. The predicted octanol–water partition coefficient (Wildman–Crippen LogP) is 2.80. The van der Waals surface area contributed by atoms with Crippen molar-refractivity contribution in [3.05, 3.63) is 22.7 Å². The molecule has 1 aromatic carbocycles. The zero-order chi connectivity index (χ0) is 18.8. The van der Waals surface area contributed by atoms with Gasteiger partial charge in [-0.25, -0.2) is 4.79 Å². The summed E-state index contributed by atoms with van der Waals surface area (Å²) >= 11 is 6.36. The fourth-order valence-electron chi connectivity index (χ4n) is 3.61. The van der Waals surface area contributed by atoms with E-state index in [1.807, 2.05) is 6.92 Å². The third-order valence-corrected chi connectivity index (χ3v) is 5.37. The number of likely N-dealkylation sites (tertiary alicyclic amines) is 1. The van der Waals surface area contributed by atoms with E-state index in [1.165, 1.54) is 14.2 Å². The summed E-state index contributed by atoms with van der Waals surface area (Å²) in [5.41, 5.74) is 0.386. The molecule has 0 bridgehead atoms. The second kappa shape index (κ2) is 7.61. The zero-order valence-electron chi connectivity index (χ0n) is 15.2. The van der Waals surface area contributed by atoms with Crippen molar-refractivity contribution in [2.45, 2.75) is 31.8 Å². The van der Waals surface area contributed by atoms with E-state index in [0.717, 1.165) is 12.8 Å². The molecule has 8 heteroatoms. The first-order chi connectivity index (χ1) is 12.5. The van der Waals surface area contributed by atoms with Crippen LogP contribution in [0.25, 0.3) is 0 Å². The number of rotatable bonds is 4. The number of methoxy groups -OCH3 is 2. The van der Waals surface area contributed by atoms with Gasteiger partial charge in [-0.05, 0) is 31.9 Å². The number of piperidine rings is 1. The van der Waals surface area contributed by atoms with E-state index < -0.39 is 0 Å². The Morgan fingerprint density at radius 3 is 2.46 bits per heavy atom. The van der Waals surface area contributed by atoms with Gasteiger partial charge in [0.2, 0.25) is 0 Å². The van der Waals surface area contributed by atoms with Gasteiger partial charge < -0.3 is 19.1 Å². The lowest BCUT2D eigenvalue weighted by Crippen LogP contribution is -2.49. The lowest BCUT2D eigenvalue weighted by atomic mass is 10.0. The van der Waals surface area contributed by atoms with Gasteiger partial charge in [0.05, 0.1) is 30.8 Å². The highest BCUT2D eigenvalue weighted by atomic mass is 35.5. The van der Waals surface area contributed by atoms with Crippen LogP contribution in [0.5, 0.6) is 11.5 Å². The average Bonchev–Trinajstić information content (AvgIpc) is 2.99. The van der Waals surface area contributed by atoms with Crippen molar-refractivity contribution in [1.29, 1.82) is 0 Å². The van der Waals surface area contributed by atoms with Crippen LogP contribution in [0.4, 0.5) is 4.79 Å². The van der Waals surface area contributed by atoms with Gasteiger partial charge in [-0.15, -0.1) is 0 Å². The molecule has 2 aliphatic heterocycles. The summed E-state index contributed by atoms with van der Waals surface area (Å²) in [5.74, 6) is 0.685. The SMILES string of the molecule is COc1ccc(C(=O)N2CCC(N3C(=O)OCC3C)CC2)c(Cl)c1OC. The van der Waals surface area contributed by atoms with Gasteiger partial charge in [0, 0.05) is 19.1 Å². The zero-order valence-corrected chi connectivity index (χ0v) is 15.9. The Hall–Kier alpha value is -2.15. The summed E-state index contributed by atoms with van der Waals surface area (Å²) in [7, 11) is 3.00. The predicted molar refractivity (Wildman–Crippen MR) is 96.1 cm³/mol. The summed E-state index contributed by atoms with van der Waals surface area (Å²) in [4.78, 5) is 28.3. The van der Waals surface area contributed by atoms with Crippen molar-refractivity contribution in [3.8, 4) is 11.5 Å². The van der Waals surface area contributed by atoms with Gasteiger partial charge in [0.15, 0.2) is 11.5 Å². The van der Waals surface area contributed by atoms with Crippen LogP contribution in [0.3, 0.4) is 0 Å². The maximum Gasteiger partial charge on any atom is 0.410 e. The third kappa shape index (κ3) is 3.28. The topological polar surface area (TPSA) is 68.3 Å². The second-order valence-corrected chi connectivity index (χ2v) is 6.90. The average molecular weight is 383 g/mol. The van der Waals surface area contributed by atoms with Crippen molar-refractivity contribution < 1.29 is 23.8 Å². The van der Waals surface area contributed by atoms with Gasteiger partial charge in [-0.1, -0.05) is 11.6 Å². The van der Waals surface area contributed by atoms with Crippen LogP contribution < -0.4 is 9.47 Å². The molecule has 2 heterocycles. The number of carbonyl (C=O) groups excluding carboxylic acids is 2. The Morgan fingerprint density at radius 2 is 1.92 bits per heavy atom. The van der Waals surface area contributed by atoms with Gasteiger partial charge in [-0.2, -0.15) is 0 Å². The van der Waals surface area contributed by atoms with Crippen molar-refractivity contribution in [2.75, 3.05) is 33.9 Å². The molecule has 142 valence electrons. The molecule has 7 nitrogen and oxygen atoms in total. The normalized spacial score (nSPS) is 20.9. The van der Waals surface area contributed by atoms with Gasteiger partial charge in [-0.3, -0.25) is 9.69 Å². The first-order valence-electron chi connectivity index (χ1n) is 8.62. The number of hydrogen-bond acceptors (Lipinski definition) is 5.